The van der Waals surface area contributed by atoms with Gasteiger partial charge in [0, 0.05) is 15.1 Å². The Balaban J connectivity index is 2.24. The number of halogens is 2. The van der Waals surface area contributed by atoms with E-state index >= 15 is 0 Å². The van der Waals surface area contributed by atoms with Gasteiger partial charge in [0.05, 0.1) is 5.69 Å². The van der Waals surface area contributed by atoms with Crippen LogP contribution in [-0.2, 0) is 0 Å². The molecular formula is C16H11BrClN3O. The molecule has 0 saturated heterocycles. The maximum Gasteiger partial charge on any atom is 0.223 e. The van der Waals surface area contributed by atoms with Crippen molar-refractivity contribution < 1.29 is 4.79 Å². The molecule has 0 radical (unpaired) electrons. The summed E-state index contributed by atoms with van der Waals surface area (Å²) in [4.78, 5) is 12.2. The molecule has 0 atom stereocenters. The number of nitriles is 1. The predicted molar refractivity (Wildman–Crippen MR) is 91.3 cm³/mol. The molecule has 0 bridgehead atoms. The molecule has 22 heavy (non-hydrogen) atoms. The molecule has 2 aromatic rings. The maximum atomic E-state index is 12.2. The summed E-state index contributed by atoms with van der Waals surface area (Å²) in [5.41, 5.74) is 4.33. The molecule has 1 N–H and O–H groups in total. The average molecular weight is 377 g/mol. The van der Waals surface area contributed by atoms with Gasteiger partial charge in [-0.2, -0.15) is 10.4 Å². The number of hydrogen-bond donors (Lipinski definition) is 1. The molecular weight excluding hydrogens is 366 g/mol. The smallest absolute Gasteiger partial charge is 0.223 e. The number of Topliss-reactive ketones (excluding diaryl/α,β-unsaturated/α-hetero) is 1. The van der Waals surface area contributed by atoms with Gasteiger partial charge in [0.15, 0.2) is 0 Å². The van der Waals surface area contributed by atoms with Gasteiger partial charge in [0.25, 0.3) is 0 Å². The second-order valence-corrected chi connectivity index (χ2v) is 5.76. The molecule has 0 heterocycles. The van der Waals surface area contributed by atoms with Crippen molar-refractivity contribution in [2.24, 2.45) is 5.10 Å². The zero-order chi connectivity index (χ0) is 16.1. The van der Waals surface area contributed by atoms with E-state index in [9.17, 15) is 4.79 Å². The molecule has 0 aromatic heterocycles. The van der Waals surface area contributed by atoms with Gasteiger partial charge in [-0.1, -0.05) is 33.6 Å². The van der Waals surface area contributed by atoms with Crippen LogP contribution in [0.1, 0.15) is 15.9 Å². The molecule has 0 fully saturated rings. The molecule has 0 aliphatic heterocycles. The number of hydrogen-bond acceptors (Lipinski definition) is 4. The summed E-state index contributed by atoms with van der Waals surface area (Å²) in [6.07, 6.45) is 0. The Kier molecular flexibility index (Phi) is 5.31. The number of nitrogens with zero attached hydrogens (tertiary/aromatic N) is 2. The lowest BCUT2D eigenvalue weighted by molar-refractivity contribution is 0.106. The Labute approximate surface area is 141 Å². The number of nitrogens with one attached hydrogen (secondary N) is 1. The molecule has 4 nitrogen and oxygen atoms in total. The average Bonchev–Trinajstić information content (AvgIpc) is 2.52. The number of benzene rings is 2. The molecule has 0 spiro atoms. The number of hydrazone groups is 1. The first-order valence-electron chi connectivity index (χ1n) is 6.32. The van der Waals surface area contributed by atoms with Crippen LogP contribution in [0.4, 0.5) is 5.69 Å². The topological polar surface area (TPSA) is 65.2 Å². The van der Waals surface area contributed by atoms with E-state index in [0.29, 0.717) is 16.3 Å². The highest BCUT2D eigenvalue weighted by atomic mass is 79.9. The van der Waals surface area contributed by atoms with Crippen molar-refractivity contribution in [3.05, 3.63) is 63.1 Å². The molecule has 110 valence electrons. The Morgan fingerprint density at radius 1 is 1.27 bits per heavy atom. The Morgan fingerprint density at radius 2 is 1.95 bits per heavy atom. The van der Waals surface area contributed by atoms with Crippen LogP contribution in [0.3, 0.4) is 0 Å². The normalized spacial score (nSPS) is 10.9. The third kappa shape index (κ3) is 3.73. The van der Waals surface area contributed by atoms with E-state index in [0.717, 1.165) is 10.0 Å². The van der Waals surface area contributed by atoms with Gasteiger partial charge in [-0.15, -0.1) is 0 Å². The fourth-order valence-corrected chi connectivity index (χ4v) is 2.15. The van der Waals surface area contributed by atoms with E-state index in [1.54, 1.807) is 42.5 Å². The minimum absolute atomic E-state index is 0.221. The largest absolute Gasteiger partial charge is 0.286 e. The lowest BCUT2D eigenvalue weighted by atomic mass is 10.1. The summed E-state index contributed by atoms with van der Waals surface area (Å²) in [7, 11) is 0. The number of ketones is 1. The van der Waals surface area contributed by atoms with E-state index in [4.69, 9.17) is 16.9 Å². The van der Waals surface area contributed by atoms with Crippen LogP contribution >= 0.6 is 27.5 Å². The van der Waals surface area contributed by atoms with Crippen LogP contribution in [-0.4, -0.2) is 11.5 Å². The summed E-state index contributed by atoms with van der Waals surface area (Å²) in [5.74, 6) is -0.442. The highest BCUT2D eigenvalue weighted by Crippen LogP contribution is 2.22. The lowest BCUT2D eigenvalue weighted by Crippen LogP contribution is -2.14. The fraction of sp³-hybridized carbons (Fsp3) is 0.0625. The summed E-state index contributed by atoms with van der Waals surface area (Å²) < 4.78 is 0.854. The summed E-state index contributed by atoms with van der Waals surface area (Å²) in [6, 6.07) is 13.8. The van der Waals surface area contributed by atoms with Crippen LogP contribution in [0.5, 0.6) is 0 Å². The summed E-state index contributed by atoms with van der Waals surface area (Å²) >= 11 is 9.30. The van der Waals surface area contributed by atoms with Crippen LogP contribution in [0.15, 0.2) is 52.0 Å². The van der Waals surface area contributed by atoms with Crippen molar-refractivity contribution in [3.8, 4) is 6.07 Å². The first kappa shape index (κ1) is 16.2. The number of carbonyl (C=O) groups is 1. The predicted octanol–water partition coefficient (Wildman–Crippen LogP) is 4.59. The van der Waals surface area contributed by atoms with E-state index in [1.807, 2.05) is 13.0 Å². The van der Waals surface area contributed by atoms with Crippen molar-refractivity contribution in [3.63, 3.8) is 0 Å². The second kappa shape index (κ2) is 7.21. The highest BCUT2D eigenvalue weighted by molar-refractivity contribution is 9.10. The van der Waals surface area contributed by atoms with Crippen molar-refractivity contribution in [1.82, 2.24) is 0 Å². The third-order valence-electron chi connectivity index (χ3n) is 2.98. The lowest BCUT2D eigenvalue weighted by Gasteiger charge is -2.06. The molecule has 6 heteroatoms. The van der Waals surface area contributed by atoms with Crippen LogP contribution < -0.4 is 5.43 Å². The quantitative estimate of drug-likeness (QED) is 0.482. The number of rotatable bonds is 4. The van der Waals surface area contributed by atoms with Gasteiger partial charge in [-0.25, -0.2) is 0 Å². The van der Waals surface area contributed by atoms with Crippen molar-refractivity contribution in [1.29, 1.82) is 5.26 Å². The van der Waals surface area contributed by atoms with Crippen LogP contribution in [0.25, 0.3) is 0 Å². The SMILES string of the molecule is Cc1c(Cl)cccc1N/N=C(/C#N)C(=O)c1ccc(Br)cc1. The van der Waals surface area contributed by atoms with E-state index in [1.165, 1.54) is 0 Å². The Morgan fingerprint density at radius 3 is 2.59 bits per heavy atom. The van der Waals surface area contributed by atoms with Gasteiger partial charge in [0.2, 0.25) is 11.5 Å². The Bertz CT molecular complexity index is 779. The van der Waals surface area contributed by atoms with Crippen molar-refractivity contribution in [2.45, 2.75) is 6.92 Å². The molecule has 2 rings (SSSR count). The monoisotopic (exact) mass is 375 g/mol. The van der Waals surface area contributed by atoms with Gasteiger partial charge in [-0.05, 0) is 48.9 Å². The van der Waals surface area contributed by atoms with Crippen LogP contribution in [0, 0.1) is 18.3 Å². The summed E-state index contributed by atoms with van der Waals surface area (Å²) in [6.45, 7) is 1.82. The number of carbonyl (C=O) groups excluding carboxylic acids is 1. The second-order valence-electron chi connectivity index (χ2n) is 4.43. The zero-order valence-electron chi connectivity index (χ0n) is 11.6. The van der Waals surface area contributed by atoms with Gasteiger partial charge in [-0.3, -0.25) is 10.2 Å². The summed E-state index contributed by atoms with van der Waals surface area (Å²) in [5, 5.41) is 13.6. The first-order valence-corrected chi connectivity index (χ1v) is 7.49. The first-order chi connectivity index (χ1) is 10.5. The zero-order valence-corrected chi connectivity index (χ0v) is 13.9. The maximum absolute atomic E-state index is 12.2. The van der Waals surface area contributed by atoms with Crippen molar-refractivity contribution in [2.75, 3.05) is 5.43 Å². The van der Waals surface area contributed by atoms with Crippen molar-refractivity contribution >= 4 is 44.7 Å². The minimum atomic E-state index is -0.442. The standard InChI is InChI=1S/C16H11BrClN3O/c1-10-13(18)3-2-4-14(10)20-21-15(9-19)16(22)11-5-7-12(17)8-6-11/h2-8,20H,1H3/b21-15-. The third-order valence-corrected chi connectivity index (χ3v) is 3.92. The van der Waals surface area contributed by atoms with E-state index in [2.05, 4.69) is 26.5 Å². The molecule has 2 aromatic carbocycles. The van der Waals surface area contributed by atoms with Gasteiger partial charge in [0.1, 0.15) is 6.07 Å². The molecule has 0 saturated carbocycles. The fourth-order valence-electron chi connectivity index (χ4n) is 1.71. The van der Waals surface area contributed by atoms with Gasteiger partial charge >= 0.3 is 0 Å². The highest BCUT2D eigenvalue weighted by Gasteiger charge is 2.14. The molecule has 0 aliphatic rings. The van der Waals surface area contributed by atoms with Gasteiger partial charge < -0.3 is 0 Å². The van der Waals surface area contributed by atoms with E-state index < -0.39 is 5.78 Å². The van der Waals surface area contributed by atoms with Crippen LogP contribution in [0.2, 0.25) is 5.02 Å². The molecule has 0 unspecified atom stereocenters. The number of anilines is 1. The van der Waals surface area contributed by atoms with E-state index in [-0.39, 0.29) is 5.71 Å². The molecule has 0 amide bonds. The minimum Gasteiger partial charge on any atom is -0.286 e. The molecule has 0 aliphatic carbocycles. The Hall–Kier alpha value is -2.16.